The van der Waals surface area contributed by atoms with Gasteiger partial charge in [-0.2, -0.15) is 5.26 Å². The molecule has 0 unspecified atom stereocenters. The van der Waals surface area contributed by atoms with Gasteiger partial charge in [-0.25, -0.2) is 9.59 Å². The Morgan fingerprint density at radius 2 is 1.88 bits per heavy atom. The molecular formula is C33H35N3O6. The number of hydrogen-bond donors (Lipinski definition) is 2. The Balaban J connectivity index is 1.40. The van der Waals surface area contributed by atoms with E-state index < -0.39 is 18.1 Å². The molecule has 3 aromatic rings. The maximum absolute atomic E-state index is 13.3. The van der Waals surface area contributed by atoms with Crippen LogP contribution in [0.15, 0.2) is 60.7 Å². The van der Waals surface area contributed by atoms with Crippen molar-refractivity contribution in [1.82, 2.24) is 5.32 Å². The van der Waals surface area contributed by atoms with Gasteiger partial charge in [0.25, 0.3) is 0 Å². The fourth-order valence-corrected chi connectivity index (χ4v) is 5.03. The van der Waals surface area contributed by atoms with Gasteiger partial charge in [-0.1, -0.05) is 42.5 Å². The van der Waals surface area contributed by atoms with E-state index in [-0.39, 0.29) is 18.9 Å². The molecule has 1 aliphatic rings. The molecule has 42 heavy (non-hydrogen) atoms. The van der Waals surface area contributed by atoms with E-state index in [2.05, 4.69) is 18.3 Å². The van der Waals surface area contributed by atoms with Crippen molar-refractivity contribution in [1.29, 1.82) is 5.26 Å². The molecule has 3 aromatic carbocycles. The van der Waals surface area contributed by atoms with Crippen LogP contribution in [0.2, 0.25) is 0 Å². The summed E-state index contributed by atoms with van der Waals surface area (Å²) in [5.41, 5.74) is 6.96. The van der Waals surface area contributed by atoms with Gasteiger partial charge in [0.15, 0.2) is 0 Å². The van der Waals surface area contributed by atoms with Crippen LogP contribution in [0.25, 0.3) is 11.1 Å². The summed E-state index contributed by atoms with van der Waals surface area (Å²) < 4.78 is 11.2. The number of anilines is 1. The first kappa shape index (κ1) is 30.1. The van der Waals surface area contributed by atoms with Crippen LogP contribution in [0, 0.1) is 25.2 Å². The number of carboxylic acids is 1. The molecule has 2 amide bonds. The summed E-state index contributed by atoms with van der Waals surface area (Å²) in [4.78, 5) is 38.4. The lowest BCUT2D eigenvalue weighted by atomic mass is 9.91. The topological polar surface area (TPSA) is 129 Å². The maximum Gasteiger partial charge on any atom is 0.408 e. The molecule has 0 aliphatic carbocycles. The van der Waals surface area contributed by atoms with Crippen molar-refractivity contribution in [2.24, 2.45) is 0 Å². The van der Waals surface area contributed by atoms with E-state index in [0.717, 1.165) is 52.1 Å². The van der Waals surface area contributed by atoms with Gasteiger partial charge in [0.2, 0.25) is 5.91 Å². The molecular weight excluding hydrogens is 534 g/mol. The average Bonchev–Trinajstić information content (AvgIpc) is 2.99. The van der Waals surface area contributed by atoms with Crippen LogP contribution in [0.3, 0.4) is 0 Å². The number of carboxylic acid groups (broad SMARTS) is 1. The van der Waals surface area contributed by atoms with Crippen molar-refractivity contribution in [2.45, 2.75) is 58.6 Å². The molecule has 2 N–H and O–H groups in total. The number of ether oxygens (including phenoxy) is 2. The highest BCUT2D eigenvalue weighted by atomic mass is 16.5. The molecule has 4 rings (SSSR count). The van der Waals surface area contributed by atoms with E-state index in [9.17, 15) is 14.4 Å². The molecule has 1 atom stereocenters. The normalized spacial score (nSPS) is 12.9. The Morgan fingerprint density at radius 1 is 1.10 bits per heavy atom. The molecule has 9 heteroatoms. The van der Waals surface area contributed by atoms with Crippen molar-refractivity contribution < 1.29 is 29.0 Å². The number of aliphatic carboxylic acids is 1. The summed E-state index contributed by atoms with van der Waals surface area (Å²) in [6.07, 6.45) is 1.43. The zero-order valence-electron chi connectivity index (χ0n) is 23.9. The van der Waals surface area contributed by atoms with Crippen LogP contribution in [-0.2, 0) is 27.4 Å². The van der Waals surface area contributed by atoms with E-state index in [1.54, 1.807) is 6.07 Å². The number of rotatable bonds is 11. The van der Waals surface area contributed by atoms with Gasteiger partial charge < -0.3 is 24.8 Å². The quantitative estimate of drug-likeness (QED) is 0.283. The third-order valence-corrected chi connectivity index (χ3v) is 7.39. The highest BCUT2D eigenvalue weighted by Crippen LogP contribution is 2.36. The summed E-state index contributed by atoms with van der Waals surface area (Å²) in [6.45, 7) is 5.16. The lowest BCUT2D eigenvalue weighted by Crippen LogP contribution is -2.40. The lowest BCUT2D eigenvalue weighted by Gasteiger charge is -2.31. The first-order valence-corrected chi connectivity index (χ1v) is 14.0. The van der Waals surface area contributed by atoms with Crippen molar-refractivity contribution in [2.75, 3.05) is 18.1 Å². The Kier molecular flexibility index (Phi) is 10.2. The molecule has 218 valence electrons. The van der Waals surface area contributed by atoms with E-state index in [0.29, 0.717) is 26.0 Å². The Morgan fingerprint density at radius 3 is 2.67 bits per heavy atom. The van der Waals surface area contributed by atoms with Crippen LogP contribution in [0.5, 0.6) is 5.75 Å². The fourth-order valence-electron chi connectivity index (χ4n) is 5.03. The van der Waals surface area contributed by atoms with Crippen molar-refractivity contribution in [3.8, 4) is 22.9 Å². The maximum atomic E-state index is 13.3. The van der Waals surface area contributed by atoms with Gasteiger partial charge in [-0.05, 0) is 84.7 Å². The Bertz CT molecular complexity index is 1500. The van der Waals surface area contributed by atoms with Crippen LogP contribution in [0.1, 0.15) is 47.9 Å². The molecule has 1 heterocycles. The first-order valence-electron chi connectivity index (χ1n) is 14.0. The smallest absolute Gasteiger partial charge is 0.408 e. The summed E-state index contributed by atoms with van der Waals surface area (Å²) >= 11 is 0. The van der Waals surface area contributed by atoms with Crippen LogP contribution in [-0.4, -0.2) is 42.3 Å². The summed E-state index contributed by atoms with van der Waals surface area (Å²) in [5.74, 6) is -0.378. The molecule has 0 bridgehead atoms. The van der Waals surface area contributed by atoms with E-state index in [1.165, 1.54) is 5.56 Å². The molecule has 0 saturated carbocycles. The predicted octanol–water partition coefficient (Wildman–Crippen LogP) is 5.70. The number of nitriles is 1. The molecule has 0 spiro atoms. The van der Waals surface area contributed by atoms with Gasteiger partial charge in [-0.3, -0.25) is 4.79 Å². The Labute approximate surface area is 245 Å². The van der Waals surface area contributed by atoms with Crippen molar-refractivity contribution in [3.05, 3.63) is 82.9 Å². The van der Waals surface area contributed by atoms with Crippen LogP contribution < -0.4 is 15.0 Å². The van der Waals surface area contributed by atoms with Gasteiger partial charge in [-0.15, -0.1) is 0 Å². The van der Waals surface area contributed by atoms with Crippen molar-refractivity contribution >= 4 is 23.7 Å². The number of fused-ring (bicyclic) bond motifs is 1. The van der Waals surface area contributed by atoms with Gasteiger partial charge in [0, 0.05) is 18.7 Å². The van der Waals surface area contributed by atoms with Gasteiger partial charge >= 0.3 is 12.1 Å². The molecule has 1 aliphatic heterocycles. The number of benzene rings is 3. The number of amides is 2. The summed E-state index contributed by atoms with van der Waals surface area (Å²) in [7, 11) is 0. The fraction of sp³-hybridized carbons (Fsp3) is 0.333. The van der Waals surface area contributed by atoms with E-state index in [1.807, 2.05) is 66.4 Å². The average molecular weight is 570 g/mol. The molecule has 9 nitrogen and oxygen atoms in total. The SMILES string of the molecule is Cc1cccc(OCCCC(=O)N2CCCc3c(-c4cccc(COC(=O)N[C@@H](CC#N)C(=O)O)c4)cccc32)c1C. The third-order valence-electron chi connectivity index (χ3n) is 7.39. The molecule has 0 saturated heterocycles. The first-order chi connectivity index (χ1) is 20.3. The second-order valence-electron chi connectivity index (χ2n) is 10.3. The van der Waals surface area contributed by atoms with Gasteiger partial charge in [0.05, 0.1) is 19.1 Å². The largest absolute Gasteiger partial charge is 0.493 e. The van der Waals surface area contributed by atoms with Crippen LogP contribution >= 0.6 is 0 Å². The summed E-state index contributed by atoms with van der Waals surface area (Å²) in [6, 6.07) is 19.9. The molecule has 0 aromatic heterocycles. The van der Waals surface area contributed by atoms with Gasteiger partial charge in [0.1, 0.15) is 18.4 Å². The minimum absolute atomic E-state index is 0.0671. The number of nitrogens with zero attached hydrogens (tertiary/aromatic N) is 2. The van der Waals surface area contributed by atoms with Crippen molar-refractivity contribution in [3.63, 3.8) is 0 Å². The number of hydrogen-bond acceptors (Lipinski definition) is 6. The zero-order valence-corrected chi connectivity index (χ0v) is 23.9. The van der Waals surface area contributed by atoms with E-state index >= 15 is 0 Å². The predicted molar refractivity (Wildman–Crippen MR) is 158 cm³/mol. The minimum Gasteiger partial charge on any atom is -0.493 e. The third kappa shape index (κ3) is 7.46. The standard InChI is InChI=1S/C33H35N3O6/c1-22-8-3-14-30(23(22)2)41-19-7-15-31(37)36-18-6-12-27-26(11-5-13-29(27)36)25-10-4-9-24(20-25)21-42-33(40)35-28(16-17-34)32(38)39/h3-5,8-11,13-14,20,28H,6-7,12,15-16,18-19,21H2,1-2H3,(H,35,40)(H,38,39)/t28-/m0/s1. The minimum atomic E-state index is -1.33. The number of aryl methyl sites for hydroxylation is 1. The van der Waals surface area contributed by atoms with E-state index in [4.69, 9.17) is 19.8 Å². The second-order valence-corrected chi connectivity index (χ2v) is 10.3. The second kappa shape index (κ2) is 14.2. The number of alkyl carbamates (subject to hydrolysis) is 1. The van der Waals surface area contributed by atoms with Crippen LogP contribution in [0.4, 0.5) is 10.5 Å². The number of carbonyl (C=O) groups is 3. The number of nitrogens with one attached hydrogen (secondary N) is 1. The molecule has 0 radical (unpaired) electrons. The lowest BCUT2D eigenvalue weighted by molar-refractivity contribution is -0.139. The monoisotopic (exact) mass is 569 g/mol. The highest BCUT2D eigenvalue weighted by molar-refractivity contribution is 5.96. The zero-order chi connectivity index (χ0) is 30.1. The highest BCUT2D eigenvalue weighted by Gasteiger charge is 2.25. The Hall–Kier alpha value is -4.84. The number of carbonyl (C=O) groups excluding carboxylic acids is 2. The summed E-state index contributed by atoms with van der Waals surface area (Å²) in [5, 5.41) is 20.1. The molecule has 0 fully saturated rings.